The molecule has 5 heteroatoms. The third-order valence-electron chi connectivity index (χ3n) is 4.28. The van der Waals surface area contributed by atoms with E-state index in [0.717, 1.165) is 24.8 Å². The van der Waals surface area contributed by atoms with Gasteiger partial charge in [-0.25, -0.2) is 0 Å². The van der Waals surface area contributed by atoms with Crippen molar-refractivity contribution in [3.8, 4) is 0 Å². The Morgan fingerprint density at radius 2 is 2.23 bits per heavy atom. The highest BCUT2D eigenvalue weighted by Gasteiger charge is 2.51. The van der Waals surface area contributed by atoms with Crippen molar-refractivity contribution in [1.82, 2.24) is 10.3 Å². The van der Waals surface area contributed by atoms with Crippen molar-refractivity contribution >= 4 is 16.9 Å². The number of H-pyrrole nitrogens is 1. The number of para-hydroxylation sites is 1. The van der Waals surface area contributed by atoms with Gasteiger partial charge in [0.2, 0.25) is 0 Å². The van der Waals surface area contributed by atoms with E-state index < -0.39 is 5.54 Å². The van der Waals surface area contributed by atoms with Gasteiger partial charge >= 0.3 is 5.97 Å². The van der Waals surface area contributed by atoms with Gasteiger partial charge in [0.1, 0.15) is 5.54 Å². The molecule has 0 aliphatic heterocycles. The van der Waals surface area contributed by atoms with Gasteiger partial charge in [0.25, 0.3) is 0 Å². The summed E-state index contributed by atoms with van der Waals surface area (Å²) in [4.78, 5) is 15.2. The molecule has 0 bridgehead atoms. The summed E-state index contributed by atoms with van der Waals surface area (Å²) in [5.41, 5.74) is 8.10. The molecule has 1 unspecified atom stereocenters. The molecule has 1 aromatic carbocycles. The van der Waals surface area contributed by atoms with Gasteiger partial charge in [-0.2, -0.15) is 0 Å². The molecule has 118 valence electrons. The number of nitrogens with one attached hydrogen (secondary N) is 2. The molecule has 1 fully saturated rings. The predicted molar refractivity (Wildman–Crippen MR) is 86.6 cm³/mol. The number of hydrogen-bond donors (Lipinski definition) is 3. The van der Waals surface area contributed by atoms with E-state index in [1.165, 1.54) is 10.9 Å². The van der Waals surface area contributed by atoms with Gasteiger partial charge < -0.3 is 20.8 Å². The van der Waals surface area contributed by atoms with Crippen LogP contribution in [-0.2, 0) is 16.0 Å². The lowest BCUT2D eigenvalue weighted by Crippen LogP contribution is -2.46. The zero-order valence-corrected chi connectivity index (χ0v) is 12.9. The van der Waals surface area contributed by atoms with Gasteiger partial charge in [0, 0.05) is 29.7 Å². The van der Waals surface area contributed by atoms with E-state index in [1.54, 1.807) is 0 Å². The highest BCUT2D eigenvalue weighted by molar-refractivity contribution is 5.84. The maximum Gasteiger partial charge on any atom is 0.326 e. The number of benzene rings is 1. The monoisotopic (exact) mass is 301 g/mol. The lowest BCUT2D eigenvalue weighted by molar-refractivity contribution is -0.146. The molecule has 1 aliphatic carbocycles. The van der Waals surface area contributed by atoms with Crippen molar-refractivity contribution in [2.75, 3.05) is 13.2 Å². The van der Waals surface area contributed by atoms with Crippen LogP contribution in [0.5, 0.6) is 0 Å². The zero-order chi connectivity index (χ0) is 15.6. The van der Waals surface area contributed by atoms with Crippen LogP contribution in [0, 0.1) is 0 Å². The lowest BCUT2D eigenvalue weighted by Gasteiger charge is -2.19. The van der Waals surface area contributed by atoms with Crippen LogP contribution in [0.25, 0.3) is 10.9 Å². The SMILES string of the molecule is CCOC(=O)C1(NCC(N)Cc2c[nH]c3ccccc23)CC1. The van der Waals surface area contributed by atoms with E-state index in [4.69, 9.17) is 10.5 Å². The van der Waals surface area contributed by atoms with Crippen LogP contribution in [0.15, 0.2) is 30.5 Å². The van der Waals surface area contributed by atoms with Crippen LogP contribution in [-0.4, -0.2) is 35.7 Å². The smallest absolute Gasteiger partial charge is 0.326 e. The van der Waals surface area contributed by atoms with Crippen LogP contribution >= 0.6 is 0 Å². The Bertz CT molecular complexity index is 661. The van der Waals surface area contributed by atoms with Crippen LogP contribution in [0.3, 0.4) is 0 Å². The number of fused-ring (bicyclic) bond motifs is 1. The number of carbonyl (C=O) groups is 1. The molecule has 4 N–H and O–H groups in total. The number of aromatic amines is 1. The second-order valence-electron chi connectivity index (χ2n) is 6.01. The first-order chi connectivity index (χ1) is 10.6. The first kappa shape index (κ1) is 15.1. The molecule has 1 aromatic heterocycles. The molecule has 1 heterocycles. The van der Waals surface area contributed by atoms with Crippen LogP contribution < -0.4 is 11.1 Å². The molecule has 0 saturated heterocycles. The molecular weight excluding hydrogens is 278 g/mol. The lowest BCUT2D eigenvalue weighted by atomic mass is 10.1. The maximum absolute atomic E-state index is 11.9. The molecule has 1 atom stereocenters. The van der Waals surface area contributed by atoms with Crippen molar-refractivity contribution in [2.24, 2.45) is 5.73 Å². The van der Waals surface area contributed by atoms with E-state index in [2.05, 4.69) is 22.4 Å². The topological polar surface area (TPSA) is 80.1 Å². The van der Waals surface area contributed by atoms with Gasteiger partial charge in [0.15, 0.2) is 0 Å². The van der Waals surface area contributed by atoms with E-state index >= 15 is 0 Å². The summed E-state index contributed by atoms with van der Waals surface area (Å²) in [5.74, 6) is -0.144. The molecule has 0 radical (unpaired) electrons. The Labute approximate surface area is 130 Å². The van der Waals surface area contributed by atoms with Crippen molar-refractivity contribution in [3.05, 3.63) is 36.0 Å². The van der Waals surface area contributed by atoms with Crippen molar-refractivity contribution in [2.45, 2.75) is 37.8 Å². The first-order valence-electron chi connectivity index (χ1n) is 7.87. The Kier molecular flexibility index (Phi) is 4.18. The number of carbonyl (C=O) groups excluding carboxylic acids is 1. The maximum atomic E-state index is 11.9. The van der Waals surface area contributed by atoms with Gasteiger partial charge in [0.05, 0.1) is 6.61 Å². The Morgan fingerprint density at radius 3 is 2.95 bits per heavy atom. The number of esters is 1. The van der Waals surface area contributed by atoms with Crippen molar-refractivity contribution in [1.29, 1.82) is 0 Å². The van der Waals surface area contributed by atoms with E-state index in [9.17, 15) is 4.79 Å². The summed E-state index contributed by atoms with van der Waals surface area (Å²) in [6.07, 6.45) is 4.47. The predicted octanol–water partition coefficient (Wildman–Crippen LogP) is 1.72. The van der Waals surface area contributed by atoms with E-state index in [1.807, 2.05) is 25.3 Å². The highest BCUT2D eigenvalue weighted by atomic mass is 16.5. The number of ether oxygens (including phenoxy) is 1. The molecule has 0 spiro atoms. The third-order valence-corrected chi connectivity index (χ3v) is 4.28. The second-order valence-corrected chi connectivity index (χ2v) is 6.01. The molecular formula is C17H23N3O2. The Morgan fingerprint density at radius 1 is 1.45 bits per heavy atom. The summed E-state index contributed by atoms with van der Waals surface area (Å²) >= 11 is 0. The summed E-state index contributed by atoms with van der Waals surface area (Å²) in [6.45, 7) is 2.86. The fraction of sp³-hybridized carbons (Fsp3) is 0.471. The van der Waals surface area contributed by atoms with Gasteiger partial charge in [-0.1, -0.05) is 18.2 Å². The average molecular weight is 301 g/mol. The fourth-order valence-electron chi connectivity index (χ4n) is 2.83. The summed E-state index contributed by atoms with van der Waals surface area (Å²) in [5, 5.41) is 4.52. The van der Waals surface area contributed by atoms with Gasteiger partial charge in [-0.3, -0.25) is 4.79 Å². The minimum Gasteiger partial charge on any atom is -0.465 e. The zero-order valence-electron chi connectivity index (χ0n) is 12.9. The standard InChI is InChI=1S/C17H23N3O2/c1-2-22-16(21)17(7-8-17)20-11-13(18)9-12-10-19-15-6-4-3-5-14(12)15/h3-6,10,13,19-20H,2,7-9,11,18H2,1H3. The summed E-state index contributed by atoms with van der Waals surface area (Å²) < 4.78 is 5.12. The Balaban J connectivity index is 1.57. The van der Waals surface area contributed by atoms with Gasteiger partial charge in [-0.15, -0.1) is 0 Å². The largest absolute Gasteiger partial charge is 0.465 e. The normalized spacial score (nSPS) is 17.4. The molecule has 5 nitrogen and oxygen atoms in total. The number of nitrogens with two attached hydrogens (primary N) is 1. The minimum atomic E-state index is -0.478. The molecule has 0 amide bonds. The third kappa shape index (κ3) is 3.00. The minimum absolute atomic E-state index is 0.0360. The second kappa shape index (κ2) is 6.10. The van der Waals surface area contributed by atoms with Crippen LogP contribution in [0.4, 0.5) is 0 Å². The van der Waals surface area contributed by atoms with Crippen molar-refractivity contribution < 1.29 is 9.53 Å². The van der Waals surface area contributed by atoms with E-state index in [0.29, 0.717) is 13.2 Å². The molecule has 2 aromatic rings. The number of hydrogen-bond acceptors (Lipinski definition) is 4. The van der Waals surface area contributed by atoms with E-state index in [-0.39, 0.29) is 12.0 Å². The molecule has 1 saturated carbocycles. The molecule has 3 rings (SSSR count). The number of aromatic nitrogens is 1. The molecule has 22 heavy (non-hydrogen) atoms. The van der Waals surface area contributed by atoms with Gasteiger partial charge in [-0.05, 0) is 37.8 Å². The molecule has 1 aliphatic rings. The Hall–Kier alpha value is -1.85. The summed E-state index contributed by atoms with van der Waals surface area (Å²) in [7, 11) is 0. The number of rotatable bonds is 7. The highest BCUT2D eigenvalue weighted by Crippen LogP contribution is 2.36. The van der Waals surface area contributed by atoms with Crippen molar-refractivity contribution in [3.63, 3.8) is 0 Å². The average Bonchev–Trinajstić information content (AvgIpc) is 3.22. The van der Waals surface area contributed by atoms with Crippen LogP contribution in [0.2, 0.25) is 0 Å². The quantitative estimate of drug-likeness (QED) is 0.680. The first-order valence-corrected chi connectivity index (χ1v) is 7.87. The summed E-state index contributed by atoms with van der Waals surface area (Å²) in [6, 6.07) is 8.17. The van der Waals surface area contributed by atoms with Crippen LogP contribution in [0.1, 0.15) is 25.3 Å². The fourth-order valence-corrected chi connectivity index (χ4v) is 2.83.